The molecule has 0 aliphatic carbocycles. The molecule has 0 heterocycles. The second kappa shape index (κ2) is 5.27. The van der Waals surface area contributed by atoms with Gasteiger partial charge < -0.3 is 14.9 Å². The van der Waals surface area contributed by atoms with E-state index >= 15 is 0 Å². The van der Waals surface area contributed by atoms with Gasteiger partial charge in [0.2, 0.25) is 0 Å². The molecule has 0 fully saturated rings. The minimum absolute atomic E-state index is 0.509. The molecule has 3 nitrogen and oxygen atoms in total. The Labute approximate surface area is 74.6 Å². The average Bonchev–Trinajstić information content (AvgIpc) is 2.05. The van der Waals surface area contributed by atoms with Crippen LogP contribution >= 0.6 is 0 Å². The zero-order valence-corrected chi connectivity index (χ0v) is 8.14. The maximum Gasteiger partial charge on any atom is 0.169 e. The predicted octanol–water partition coefficient (Wildman–Crippen LogP) is 2.02. The maximum atomic E-state index is 7.55. The molecule has 71 valence electrons. The summed E-state index contributed by atoms with van der Waals surface area (Å²) in [5.74, 6) is -0.647. The van der Waals surface area contributed by atoms with Gasteiger partial charge in [0.1, 0.15) is 0 Å². The van der Waals surface area contributed by atoms with Gasteiger partial charge in [-0.25, -0.2) is 0 Å². The summed E-state index contributed by atoms with van der Waals surface area (Å²) in [6.07, 6.45) is 1.97. The third-order valence-electron chi connectivity index (χ3n) is 1.88. The van der Waals surface area contributed by atoms with Gasteiger partial charge in [-0.3, -0.25) is 0 Å². The van der Waals surface area contributed by atoms with E-state index in [1.54, 1.807) is 14.2 Å². The smallest absolute Gasteiger partial charge is 0.169 e. The number of methoxy groups -OCH3 is 2. The summed E-state index contributed by atoms with van der Waals surface area (Å²) in [6, 6.07) is 0. The highest BCUT2D eigenvalue weighted by atomic mass is 16.7. The topological polar surface area (TPSA) is 42.3 Å². The van der Waals surface area contributed by atoms with Crippen molar-refractivity contribution >= 4 is 5.71 Å². The van der Waals surface area contributed by atoms with E-state index in [1.807, 2.05) is 6.92 Å². The molecule has 1 N–H and O–H groups in total. The van der Waals surface area contributed by atoms with Gasteiger partial charge in [-0.2, -0.15) is 0 Å². The Kier molecular flexibility index (Phi) is 5.09. The molecular formula is C9H18NO2. The van der Waals surface area contributed by atoms with E-state index in [-0.39, 0.29) is 0 Å². The van der Waals surface area contributed by atoms with Crippen LogP contribution < -0.4 is 0 Å². The van der Waals surface area contributed by atoms with E-state index in [4.69, 9.17) is 14.9 Å². The Hall–Kier alpha value is -0.410. The molecule has 0 spiro atoms. The van der Waals surface area contributed by atoms with Crippen molar-refractivity contribution in [2.45, 2.75) is 32.0 Å². The van der Waals surface area contributed by atoms with Gasteiger partial charge in [0.25, 0.3) is 0 Å². The Morgan fingerprint density at radius 2 is 1.92 bits per heavy atom. The van der Waals surface area contributed by atoms with Crippen LogP contribution in [0.3, 0.4) is 0 Å². The second-order valence-electron chi connectivity index (χ2n) is 2.93. The van der Waals surface area contributed by atoms with E-state index in [2.05, 4.69) is 6.92 Å². The quantitative estimate of drug-likeness (QED) is 0.492. The van der Waals surface area contributed by atoms with Crippen LogP contribution in [0, 0.1) is 12.3 Å². The number of nitrogens with one attached hydrogen (secondary N) is 1. The van der Waals surface area contributed by atoms with Crippen molar-refractivity contribution < 1.29 is 9.47 Å². The van der Waals surface area contributed by atoms with Gasteiger partial charge in [-0.15, -0.1) is 0 Å². The summed E-state index contributed by atoms with van der Waals surface area (Å²) < 4.78 is 10.2. The maximum absolute atomic E-state index is 7.55. The second-order valence-corrected chi connectivity index (χ2v) is 2.93. The largest absolute Gasteiger partial charge is 0.353 e. The summed E-state index contributed by atoms with van der Waals surface area (Å²) in [5, 5.41) is 7.55. The fourth-order valence-corrected chi connectivity index (χ4v) is 0.917. The standard InChI is InChI=1S/C9H18NO2/c1-5-6-8(10)7-9(2,11-3)12-4/h10H,1,5-7H2,2-4H3. The lowest BCUT2D eigenvalue weighted by molar-refractivity contribution is -0.187. The number of rotatable bonds is 6. The molecule has 0 amide bonds. The van der Waals surface area contributed by atoms with E-state index in [0.29, 0.717) is 18.6 Å². The lowest BCUT2D eigenvalue weighted by Crippen LogP contribution is -2.32. The lowest BCUT2D eigenvalue weighted by Gasteiger charge is -2.26. The van der Waals surface area contributed by atoms with Crippen molar-refractivity contribution in [1.82, 2.24) is 0 Å². The third-order valence-corrected chi connectivity index (χ3v) is 1.88. The zero-order chi connectivity index (χ0) is 9.61. The van der Waals surface area contributed by atoms with Gasteiger partial charge in [0.05, 0.1) is 0 Å². The van der Waals surface area contributed by atoms with Gasteiger partial charge in [0.15, 0.2) is 5.79 Å². The molecule has 0 saturated carbocycles. The van der Waals surface area contributed by atoms with E-state index in [9.17, 15) is 0 Å². The molecule has 0 saturated heterocycles. The first-order valence-corrected chi connectivity index (χ1v) is 4.04. The zero-order valence-electron chi connectivity index (χ0n) is 8.14. The number of hydrogen-bond donors (Lipinski definition) is 1. The average molecular weight is 172 g/mol. The van der Waals surface area contributed by atoms with E-state index in [0.717, 1.165) is 6.42 Å². The first kappa shape index (κ1) is 11.6. The summed E-state index contributed by atoms with van der Waals surface area (Å²) in [6.45, 7) is 5.51. The monoisotopic (exact) mass is 172 g/mol. The van der Waals surface area contributed by atoms with Crippen LogP contribution in [-0.4, -0.2) is 25.7 Å². The molecule has 0 aliphatic rings. The minimum atomic E-state index is -0.647. The van der Waals surface area contributed by atoms with E-state index < -0.39 is 5.79 Å². The molecule has 3 heteroatoms. The Bertz CT molecular complexity index is 141. The SMILES string of the molecule is [CH2]CCC(=N)CC(C)(OC)OC. The van der Waals surface area contributed by atoms with Crippen molar-refractivity contribution in [1.29, 1.82) is 5.41 Å². The first-order chi connectivity index (χ1) is 5.58. The fourth-order valence-electron chi connectivity index (χ4n) is 0.917. The van der Waals surface area contributed by atoms with E-state index in [1.165, 1.54) is 0 Å². The molecular weight excluding hydrogens is 154 g/mol. The molecule has 0 unspecified atom stereocenters. The van der Waals surface area contributed by atoms with Crippen LogP contribution in [-0.2, 0) is 9.47 Å². The Balaban J connectivity index is 3.93. The van der Waals surface area contributed by atoms with Crippen molar-refractivity contribution in [2.75, 3.05) is 14.2 Å². The highest BCUT2D eigenvalue weighted by Gasteiger charge is 2.23. The minimum Gasteiger partial charge on any atom is -0.353 e. The fraction of sp³-hybridized carbons (Fsp3) is 0.778. The normalized spacial score (nSPS) is 11.7. The summed E-state index contributed by atoms with van der Waals surface area (Å²) in [4.78, 5) is 0. The molecule has 12 heavy (non-hydrogen) atoms. The summed E-state index contributed by atoms with van der Waals surface area (Å²) >= 11 is 0. The number of hydrogen-bond acceptors (Lipinski definition) is 3. The van der Waals surface area contributed by atoms with Crippen LogP contribution in [0.25, 0.3) is 0 Å². The van der Waals surface area contributed by atoms with Crippen molar-refractivity contribution in [3.05, 3.63) is 6.92 Å². The van der Waals surface area contributed by atoms with Crippen LogP contribution in [0.1, 0.15) is 26.2 Å². The van der Waals surface area contributed by atoms with Crippen LogP contribution in [0.2, 0.25) is 0 Å². The molecule has 0 aromatic rings. The summed E-state index contributed by atoms with van der Waals surface area (Å²) in [5.41, 5.74) is 0.621. The van der Waals surface area contributed by atoms with Crippen molar-refractivity contribution in [3.8, 4) is 0 Å². The Morgan fingerprint density at radius 3 is 2.25 bits per heavy atom. The van der Waals surface area contributed by atoms with Gasteiger partial charge in [-0.1, -0.05) is 6.92 Å². The van der Waals surface area contributed by atoms with Crippen LogP contribution in [0.4, 0.5) is 0 Å². The van der Waals surface area contributed by atoms with Crippen molar-refractivity contribution in [2.24, 2.45) is 0 Å². The highest BCUT2D eigenvalue weighted by molar-refractivity contribution is 5.82. The molecule has 0 aliphatic heterocycles. The third kappa shape index (κ3) is 3.83. The lowest BCUT2D eigenvalue weighted by atomic mass is 10.1. The van der Waals surface area contributed by atoms with Crippen LogP contribution in [0.15, 0.2) is 0 Å². The number of ether oxygens (including phenoxy) is 2. The predicted molar refractivity (Wildman–Crippen MR) is 49.4 cm³/mol. The molecule has 0 atom stereocenters. The molecule has 0 rings (SSSR count). The highest BCUT2D eigenvalue weighted by Crippen LogP contribution is 2.16. The Morgan fingerprint density at radius 1 is 1.42 bits per heavy atom. The van der Waals surface area contributed by atoms with Gasteiger partial charge in [0, 0.05) is 26.4 Å². The molecule has 0 aromatic carbocycles. The van der Waals surface area contributed by atoms with Crippen molar-refractivity contribution in [3.63, 3.8) is 0 Å². The summed E-state index contributed by atoms with van der Waals surface area (Å²) in [7, 11) is 3.17. The van der Waals surface area contributed by atoms with Crippen LogP contribution in [0.5, 0.6) is 0 Å². The first-order valence-electron chi connectivity index (χ1n) is 4.04. The molecule has 0 aromatic heterocycles. The van der Waals surface area contributed by atoms with Gasteiger partial charge in [-0.05, 0) is 19.8 Å². The molecule has 0 bridgehead atoms. The molecule has 1 radical (unpaired) electrons. The van der Waals surface area contributed by atoms with Gasteiger partial charge >= 0.3 is 0 Å².